The van der Waals surface area contributed by atoms with E-state index in [1.807, 2.05) is 24.3 Å². The first kappa shape index (κ1) is 14.9. The first-order valence-corrected chi connectivity index (χ1v) is 8.11. The molecule has 3 aromatic rings. The minimum atomic E-state index is -1.01. The molecule has 0 spiro atoms. The number of esters is 1. The highest BCUT2D eigenvalue weighted by Gasteiger charge is 2.32. The van der Waals surface area contributed by atoms with Gasteiger partial charge in [0.05, 0.1) is 11.3 Å². The first-order chi connectivity index (χ1) is 10.5. The van der Waals surface area contributed by atoms with Crippen LogP contribution in [0, 0.1) is 0 Å². The van der Waals surface area contributed by atoms with Crippen LogP contribution in [0.4, 0.5) is 0 Å². The monoisotopic (exact) mass is 314 g/mol. The molecular formula is C18H18O3S. The van der Waals surface area contributed by atoms with Gasteiger partial charge in [0.2, 0.25) is 0 Å². The standard InChI is InChI=1S/C18H18O3S/c1-4-20-17(19)18(2,3)21-14-10-7-9-13-12-8-5-6-11-15(12)22-16(13)14/h5-11H,4H2,1-3H3. The molecule has 3 rings (SSSR count). The minimum Gasteiger partial charge on any atom is -0.475 e. The molecule has 0 saturated heterocycles. The van der Waals surface area contributed by atoms with Crippen LogP contribution in [0.25, 0.3) is 20.2 Å². The van der Waals surface area contributed by atoms with Crippen LogP contribution < -0.4 is 4.74 Å². The van der Waals surface area contributed by atoms with Crippen LogP contribution in [0.2, 0.25) is 0 Å². The first-order valence-electron chi connectivity index (χ1n) is 7.29. The van der Waals surface area contributed by atoms with Gasteiger partial charge in [-0.15, -0.1) is 11.3 Å². The second-order valence-corrected chi connectivity index (χ2v) is 6.62. The van der Waals surface area contributed by atoms with Crippen molar-refractivity contribution >= 4 is 37.5 Å². The highest BCUT2D eigenvalue weighted by Crippen LogP contribution is 2.40. The fourth-order valence-corrected chi connectivity index (χ4v) is 3.58. The summed E-state index contributed by atoms with van der Waals surface area (Å²) >= 11 is 1.68. The van der Waals surface area contributed by atoms with E-state index in [2.05, 4.69) is 18.2 Å². The number of benzene rings is 2. The molecular weight excluding hydrogens is 296 g/mol. The van der Waals surface area contributed by atoms with Gasteiger partial charge in [0, 0.05) is 15.5 Å². The van der Waals surface area contributed by atoms with Gasteiger partial charge in [-0.1, -0.05) is 30.3 Å². The summed E-state index contributed by atoms with van der Waals surface area (Å²) in [5.74, 6) is 0.366. The molecule has 0 fully saturated rings. The Bertz CT molecular complexity index is 833. The average Bonchev–Trinajstić information content (AvgIpc) is 2.87. The average molecular weight is 314 g/mol. The number of hydrogen-bond acceptors (Lipinski definition) is 4. The Morgan fingerprint density at radius 2 is 1.82 bits per heavy atom. The third kappa shape index (κ3) is 2.55. The highest BCUT2D eigenvalue weighted by atomic mass is 32.1. The molecule has 1 heterocycles. The van der Waals surface area contributed by atoms with Crippen molar-refractivity contribution in [2.45, 2.75) is 26.4 Å². The van der Waals surface area contributed by atoms with E-state index in [-0.39, 0.29) is 5.97 Å². The summed E-state index contributed by atoms with van der Waals surface area (Å²) in [6, 6.07) is 14.2. The van der Waals surface area contributed by atoms with Crippen LogP contribution in [-0.4, -0.2) is 18.2 Å². The quantitative estimate of drug-likeness (QED) is 0.650. The van der Waals surface area contributed by atoms with Crippen LogP contribution in [0.3, 0.4) is 0 Å². The molecule has 0 saturated carbocycles. The summed E-state index contributed by atoms with van der Waals surface area (Å²) in [4.78, 5) is 12.0. The van der Waals surface area contributed by atoms with E-state index in [0.717, 1.165) is 15.8 Å². The maximum Gasteiger partial charge on any atom is 0.349 e. The Morgan fingerprint density at radius 1 is 1.09 bits per heavy atom. The SMILES string of the molecule is CCOC(=O)C(C)(C)Oc1cccc2c1sc1ccccc12. The van der Waals surface area contributed by atoms with Crippen LogP contribution in [0.1, 0.15) is 20.8 Å². The zero-order chi connectivity index (χ0) is 15.7. The fraction of sp³-hybridized carbons (Fsp3) is 0.278. The van der Waals surface area contributed by atoms with Crippen LogP contribution in [0.15, 0.2) is 42.5 Å². The smallest absolute Gasteiger partial charge is 0.349 e. The van der Waals surface area contributed by atoms with Crippen molar-refractivity contribution < 1.29 is 14.3 Å². The summed E-state index contributed by atoms with van der Waals surface area (Å²) in [5, 5.41) is 2.36. The van der Waals surface area contributed by atoms with Gasteiger partial charge in [0.15, 0.2) is 5.60 Å². The van der Waals surface area contributed by atoms with Gasteiger partial charge in [0.25, 0.3) is 0 Å². The lowest BCUT2D eigenvalue weighted by atomic mass is 10.1. The third-order valence-electron chi connectivity index (χ3n) is 3.50. The van der Waals surface area contributed by atoms with Crippen molar-refractivity contribution in [1.82, 2.24) is 0 Å². The molecule has 0 bridgehead atoms. The summed E-state index contributed by atoms with van der Waals surface area (Å²) in [6.07, 6.45) is 0. The van der Waals surface area contributed by atoms with Crippen molar-refractivity contribution in [3.8, 4) is 5.75 Å². The zero-order valence-corrected chi connectivity index (χ0v) is 13.7. The Balaban J connectivity index is 2.06. The molecule has 0 unspecified atom stereocenters. The molecule has 1 aromatic heterocycles. The Labute approximate surface area is 133 Å². The number of carbonyl (C=O) groups is 1. The molecule has 2 aromatic carbocycles. The number of fused-ring (bicyclic) bond motifs is 3. The van der Waals surface area contributed by atoms with Crippen LogP contribution in [-0.2, 0) is 9.53 Å². The van der Waals surface area contributed by atoms with Gasteiger partial charge in [-0.3, -0.25) is 0 Å². The van der Waals surface area contributed by atoms with E-state index in [1.54, 1.807) is 32.1 Å². The molecule has 0 amide bonds. The van der Waals surface area contributed by atoms with Gasteiger partial charge in [-0.05, 0) is 32.9 Å². The molecule has 4 heteroatoms. The molecule has 114 valence electrons. The molecule has 3 nitrogen and oxygen atoms in total. The number of hydrogen-bond donors (Lipinski definition) is 0. The predicted molar refractivity (Wildman–Crippen MR) is 90.7 cm³/mol. The van der Waals surface area contributed by atoms with E-state index in [9.17, 15) is 4.79 Å². The third-order valence-corrected chi connectivity index (χ3v) is 4.70. The summed E-state index contributed by atoms with van der Waals surface area (Å²) in [7, 11) is 0. The van der Waals surface area contributed by atoms with Crippen molar-refractivity contribution in [3.05, 3.63) is 42.5 Å². The van der Waals surface area contributed by atoms with E-state index in [4.69, 9.17) is 9.47 Å². The summed E-state index contributed by atoms with van der Waals surface area (Å²) in [6.45, 7) is 5.60. The maximum absolute atomic E-state index is 12.0. The van der Waals surface area contributed by atoms with E-state index in [1.165, 1.54) is 10.1 Å². The molecule has 0 N–H and O–H groups in total. The van der Waals surface area contributed by atoms with Crippen molar-refractivity contribution in [2.24, 2.45) is 0 Å². The number of rotatable bonds is 4. The number of ether oxygens (including phenoxy) is 2. The lowest BCUT2D eigenvalue weighted by molar-refractivity contribution is -0.158. The van der Waals surface area contributed by atoms with Crippen molar-refractivity contribution in [2.75, 3.05) is 6.61 Å². The van der Waals surface area contributed by atoms with E-state index in [0.29, 0.717) is 6.61 Å². The Hall–Kier alpha value is -2.07. The van der Waals surface area contributed by atoms with Crippen LogP contribution in [0.5, 0.6) is 5.75 Å². The van der Waals surface area contributed by atoms with Gasteiger partial charge in [-0.2, -0.15) is 0 Å². The molecule has 0 radical (unpaired) electrons. The largest absolute Gasteiger partial charge is 0.475 e. The van der Waals surface area contributed by atoms with Gasteiger partial charge in [-0.25, -0.2) is 4.79 Å². The summed E-state index contributed by atoms with van der Waals surface area (Å²) in [5.41, 5.74) is -1.01. The maximum atomic E-state index is 12.0. The van der Waals surface area contributed by atoms with Gasteiger partial charge < -0.3 is 9.47 Å². The Kier molecular flexibility index (Phi) is 3.79. The van der Waals surface area contributed by atoms with E-state index >= 15 is 0 Å². The second-order valence-electron chi connectivity index (χ2n) is 5.56. The fourth-order valence-electron chi connectivity index (χ4n) is 2.42. The Morgan fingerprint density at radius 3 is 2.59 bits per heavy atom. The molecule has 0 aliphatic carbocycles. The summed E-state index contributed by atoms with van der Waals surface area (Å²) < 4.78 is 13.4. The second kappa shape index (κ2) is 5.61. The molecule has 0 aliphatic heterocycles. The molecule has 0 aliphatic rings. The van der Waals surface area contributed by atoms with Gasteiger partial charge in [0.1, 0.15) is 5.75 Å². The lowest BCUT2D eigenvalue weighted by Gasteiger charge is -2.24. The number of carbonyl (C=O) groups excluding carboxylic acids is 1. The highest BCUT2D eigenvalue weighted by molar-refractivity contribution is 7.26. The van der Waals surface area contributed by atoms with Crippen LogP contribution >= 0.6 is 11.3 Å². The number of thiophene rings is 1. The van der Waals surface area contributed by atoms with Crippen molar-refractivity contribution in [1.29, 1.82) is 0 Å². The molecule has 0 atom stereocenters. The predicted octanol–water partition coefficient (Wildman–Crippen LogP) is 4.78. The molecule has 22 heavy (non-hydrogen) atoms. The lowest BCUT2D eigenvalue weighted by Crippen LogP contribution is -2.39. The topological polar surface area (TPSA) is 35.5 Å². The van der Waals surface area contributed by atoms with E-state index < -0.39 is 5.60 Å². The van der Waals surface area contributed by atoms with Gasteiger partial charge >= 0.3 is 5.97 Å². The normalized spacial score (nSPS) is 11.8. The zero-order valence-electron chi connectivity index (χ0n) is 12.9. The minimum absolute atomic E-state index is 0.346. The van der Waals surface area contributed by atoms with Crippen molar-refractivity contribution in [3.63, 3.8) is 0 Å².